The molecule has 3 rings (SSSR count). The van der Waals surface area contributed by atoms with E-state index < -0.39 is 17.6 Å². The van der Waals surface area contributed by atoms with Crippen LogP contribution in [0.1, 0.15) is 34.5 Å². The van der Waals surface area contributed by atoms with E-state index in [0.717, 1.165) is 0 Å². The van der Waals surface area contributed by atoms with Gasteiger partial charge in [0.2, 0.25) is 5.91 Å². The van der Waals surface area contributed by atoms with Gasteiger partial charge in [-0.3, -0.25) is 9.59 Å². The standard InChI is InChI=1S/C20H15Cl2FN2O2/c1-11(26)13-8-7-12(23)10-17(13)25-9-3-6-16(25)19(20(24)27)18-14(21)4-2-5-15(18)22/h2-10,19H,1H3,(H2,24,27). The van der Waals surface area contributed by atoms with Gasteiger partial charge >= 0.3 is 0 Å². The van der Waals surface area contributed by atoms with E-state index in [0.29, 0.717) is 22.5 Å². The smallest absolute Gasteiger partial charge is 0.231 e. The molecular formula is C20H15Cl2FN2O2. The number of nitrogens with two attached hydrogens (primary N) is 1. The van der Waals surface area contributed by atoms with Crippen LogP contribution in [0.3, 0.4) is 0 Å². The molecule has 2 aromatic carbocycles. The van der Waals surface area contributed by atoms with E-state index in [9.17, 15) is 14.0 Å². The summed E-state index contributed by atoms with van der Waals surface area (Å²) < 4.78 is 15.4. The van der Waals surface area contributed by atoms with Crippen molar-refractivity contribution in [3.63, 3.8) is 0 Å². The fourth-order valence-electron chi connectivity index (χ4n) is 3.07. The van der Waals surface area contributed by atoms with Crippen LogP contribution >= 0.6 is 23.2 Å². The summed E-state index contributed by atoms with van der Waals surface area (Å²) in [5.41, 5.74) is 7.05. The molecule has 0 saturated carbocycles. The molecular weight excluding hydrogens is 390 g/mol. The van der Waals surface area contributed by atoms with Crippen molar-refractivity contribution in [1.82, 2.24) is 4.57 Å². The Kier molecular flexibility index (Phi) is 5.35. The maximum atomic E-state index is 13.9. The number of amides is 1. The predicted molar refractivity (Wildman–Crippen MR) is 103 cm³/mol. The van der Waals surface area contributed by atoms with Crippen molar-refractivity contribution in [1.29, 1.82) is 0 Å². The minimum atomic E-state index is -0.982. The Hall–Kier alpha value is -2.63. The van der Waals surface area contributed by atoms with Gasteiger partial charge in [0, 0.05) is 33.1 Å². The van der Waals surface area contributed by atoms with E-state index >= 15 is 0 Å². The van der Waals surface area contributed by atoms with Crippen LogP contribution in [0.25, 0.3) is 5.69 Å². The van der Waals surface area contributed by atoms with Gasteiger partial charge in [0.1, 0.15) is 11.7 Å². The maximum Gasteiger partial charge on any atom is 0.231 e. The summed E-state index contributed by atoms with van der Waals surface area (Å²) in [5, 5.41) is 0.565. The number of Topliss-reactive ketones (excluding diaryl/α,β-unsaturated/α-hetero) is 1. The molecule has 0 aliphatic heterocycles. The average Bonchev–Trinajstić information content (AvgIpc) is 3.06. The lowest BCUT2D eigenvalue weighted by Gasteiger charge is -2.20. The van der Waals surface area contributed by atoms with E-state index in [4.69, 9.17) is 28.9 Å². The van der Waals surface area contributed by atoms with Crippen molar-refractivity contribution in [2.24, 2.45) is 5.73 Å². The van der Waals surface area contributed by atoms with Crippen LogP contribution in [-0.4, -0.2) is 16.3 Å². The summed E-state index contributed by atoms with van der Waals surface area (Å²) in [6, 6.07) is 12.0. The zero-order chi connectivity index (χ0) is 19.7. The molecule has 138 valence electrons. The Balaban J connectivity index is 2.27. The molecule has 1 unspecified atom stereocenters. The van der Waals surface area contributed by atoms with Crippen molar-refractivity contribution >= 4 is 34.9 Å². The SMILES string of the molecule is CC(=O)c1ccc(F)cc1-n1cccc1C(C(N)=O)c1c(Cl)cccc1Cl. The fourth-order valence-corrected chi connectivity index (χ4v) is 3.69. The largest absolute Gasteiger partial charge is 0.369 e. The second-order valence-electron chi connectivity index (χ2n) is 5.99. The van der Waals surface area contributed by atoms with Crippen molar-refractivity contribution < 1.29 is 14.0 Å². The summed E-state index contributed by atoms with van der Waals surface area (Å²) in [4.78, 5) is 24.3. The number of aromatic nitrogens is 1. The second-order valence-corrected chi connectivity index (χ2v) is 6.81. The molecule has 0 spiro atoms. The lowest BCUT2D eigenvalue weighted by Crippen LogP contribution is -2.25. The highest BCUT2D eigenvalue weighted by atomic mass is 35.5. The predicted octanol–water partition coefficient (Wildman–Crippen LogP) is 4.74. The highest BCUT2D eigenvalue weighted by molar-refractivity contribution is 6.36. The Labute approximate surface area is 165 Å². The molecule has 0 saturated heterocycles. The van der Waals surface area contributed by atoms with Crippen molar-refractivity contribution in [3.05, 3.63) is 87.4 Å². The molecule has 1 aromatic heterocycles. The Morgan fingerprint density at radius 2 is 1.74 bits per heavy atom. The number of benzene rings is 2. The third-order valence-electron chi connectivity index (χ3n) is 4.25. The lowest BCUT2D eigenvalue weighted by atomic mass is 9.94. The number of carbonyl (C=O) groups excluding carboxylic acids is 2. The van der Waals surface area contributed by atoms with Gasteiger partial charge in [-0.2, -0.15) is 0 Å². The normalized spacial score (nSPS) is 12.0. The Morgan fingerprint density at radius 1 is 1.07 bits per heavy atom. The van der Waals surface area contributed by atoms with Crippen LogP contribution in [0.5, 0.6) is 0 Å². The monoisotopic (exact) mass is 404 g/mol. The molecule has 3 aromatic rings. The van der Waals surface area contributed by atoms with Gasteiger partial charge in [-0.25, -0.2) is 4.39 Å². The molecule has 0 aliphatic rings. The van der Waals surface area contributed by atoms with Crippen LogP contribution in [0, 0.1) is 5.82 Å². The first kappa shape index (κ1) is 19.1. The lowest BCUT2D eigenvalue weighted by molar-refractivity contribution is -0.118. The fraction of sp³-hybridized carbons (Fsp3) is 0.100. The number of primary amides is 1. The number of hydrogen-bond donors (Lipinski definition) is 1. The number of halogens is 3. The molecule has 7 heteroatoms. The number of carbonyl (C=O) groups is 2. The quantitative estimate of drug-likeness (QED) is 0.623. The van der Waals surface area contributed by atoms with E-state index in [-0.39, 0.29) is 15.8 Å². The summed E-state index contributed by atoms with van der Waals surface area (Å²) in [6.45, 7) is 1.39. The zero-order valence-corrected chi connectivity index (χ0v) is 15.8. The summed E-state index contributed by atoms with van der Waals surface area (Å²) in [7, 11) is 0. The van der Waals surface area contributed by atoms with E-state index in [1.807, 2.05) is 0 Å². The molecule has 2 N–H and O–H groups in total. The average molecular weight is 405 g/mol. The first-order valence-electron chi connectivity index (χ1n) is 8.02. The molecule has 0 aliphatic carbocycles. The van der Waals surface area contributed by atoms with Crippen LogP contribution in [0.4, 0.5) is 4.39 Å². The number of rotatable bonds is 5. The third kappa shape index (κ3) is 3.61. The van der Waals surface area contributed by atoms with Gasteiger partial charge in [-0.15, -0.1) is 0 Å². The topological polar surface area (TPSA) is 65.1 Å². The van der Waals surface area contributed by atoms with Gasteiger partial charge in [-0.05, 0) is 49.4 Å². The van der Waals surface area contributed by atoms with Gasteiger partial charge in [-0.1, -0.05) is 29.3 Å². The van der Waals surface area contributed by atoms with Crippen molar-refractivity contribution in [2.75, 3.05) is 0 Å². The Morgan fingerprint density at radius 3 is 2.33 bits per heavy atom. The van der Waals surface area contributed by atoms with Gasteiger partial charge < -0.3 is 10.3 Å². The van der Waals surface area contributed by atoms with Gasteiger partial charge in [0.15, 0.2) is 5.78 Å². The van der Waals surface area contributed by atoms with Crippen molar-refractivity contribution in [2.45, 2.75) is 12.8 Å². The number of nitrogens with zero attached hydrogens (tertiary/aromatic N) is 1. The van der Waals surface area contributed by atoms with E-state index in [1.54, 1.807) is 41.1 Å². The maximum absolute atomic E-state index is 13.9. The first-order chi connectivity index (χ1) is 12.8. The van der Waals surface area contributed by atoms with Crippen LogP contribution in [0.15, 0.2) is 54.7 Å². The first-order valence-corrected chi connectivity index (χ1v) is 8.78. The molecule has 1 atom stereocenters. The van der Waals surface area contributed by atoms with Crippen molar-refractivity contribution in [3.8, 4) is 5.69 Å². The second kappa shape index (κ2) is 7.55. The number of ketones is 1. The molecule has 1 amide bonds. The van der Waals surface area contributed by atoms with Crippen LogP contribution < -0.4 is 5.73 Å². The van der Waals surface area contributed by atoms with E-state index in [1.165, 1.54) is 25.1 Å². The highest BCUT2D eigenvalue weighted by Gasteiger charge is 2.28. The minimum absolute atomic E-state index is 0.240. The summed E-state index contributed by atoms with van der Waals surface area (Å²) in [6.07, 6.45) is 1.62. The number of hydrogen-bond acceptors (Lipinski definition) is 2. The van der Waals surface area contributed by atoms with Crippen LogP contribution in [0.2, 0.25) is 10.0 Å². The van der Waals surface area contributed by atoms with Crippen LogP contribution in [-0.2, 0) is 4.79 Å². The minimum Gasteiger partial charge on any atom is -0.369 e. The molecule has 27 heavy (non-hydrogen) atoms. The molecule has 0 fully saturated rings. The molecule has 1 heterocycles. The molecule has 0 radical (unpaired) electrons. The zero-order valence-electron chi connectivity index (χ0n) is 14.2. The third-order valence-corrected chi connectivity index (χ3v) is 4.91. The van der Waals surface area contributed by atoms with Gasteiger partial charge in [0.05, 0.1) is 5.69 Å². The Bertz CT molecular complexity index is 1030. The highest BCUT2D eigenvalue weighted by Crippen LogP contribution is 2.37. The summed E-state index contributed by atoms with van der Waals surface area (Å²) >= 11 is 12.5. The molecule has 4 nitrogen and oxygen atoms in total. The van der Waals surface area contributed by atoms with E-state index in [2.05, 4.69) is 0 Å². The summed E-state index contributed by atoms with van der Waals surface area (Å²) in [5.74, 6) is -2.41. The van der Waals surface area contributed by atoms with Gasteiger partial charge in [0.25, 0.3) is 0 Å². The molecule has 0 bridgehead atoms.